The van der Waals surface area contributed by atoms with Crippen molar-refractivity contribution >= 4 is 56.6 Å². The van der Waals surface area contributed by atoms with E-state index in [1.807, 2.05) is 19.1 Å². The Morgan fingerprint density at radius 2 is 2.00 bits per heavy atom. The molecule has 2 aromatic rings. The van der Waals surface area contributed by atoms with E-state index in [0.717, 1.165) is 22.2 Å². The lowest BCUT2D eigenvalue weighted by Crippen LogP contribution is -2.40. The monoisotopic (exact) mass is 561 g/mol. The van der Waals surface area contributed by atoms with E-state index in [9.17, 15) is 19.2 Å². The van der Waals surface area contributed by atoms with Gasteiger partial charge in [0.1, 0.15) is 0 Å². The predicted octanol–water partition coefficient (Wildman–Crippen LogP) is 3.77. The molecule has 0 bridgehead atoms. The second kappa shape index (κ2) is 10.9. The van der Waals surface area contributed by atoms with E-state index < -0.39 is 0 Å². The van der Waals surface area contributed by atoms with Crippen LogP contribution in [0.1, 0.15) is 51.3 Å². The molecule has 0 aliphatic carbocycles. The Labute approximate surface area is 216 Å². The van der Waals surface area contributed by atoms with E-state index in [1.54, 1.807) is 28.0 Å². The first-order valence-electron chi connectivity index (χ1n) is 11.6. The van der Waals surface area contributed by atoms with Gasteiger partial charge in [-0.05, 0) is 77.5 Å². The third-order valence-corrected chi connectivity index (χ3v) is 8.12. The van der Waals surface area contributed by atoms with Crippen molar-refractivity contribution in [1.29, 1.82) is 0 Å². The van der Waals surface area contributed by atoms with Crippen LogP contribution in [0.2, 0.25) is 0 Å². The van der Waals surface area contributed by atoms with Crippen LogP contribution < -0.4 is 10.2 Å². The lowest BCUT2D eigenvalue weighted by Gasteiger charge is -2.32. The van der Waals surface area contributed by atoms with Crippen molar-refractivity contribution in [2.24, 2.45) is 5.92 Å². The molecule has 0 radical (unpaired) electrons. The number of nitrogens with zero attached hydrogens (tertiary/aromatic N) is 2. The molecule has 1 aromatic heterocycles. The number of anilines is 1. The molecule has 2 unspecified atom stereocenters. The largest absolute Gasteiger partial charge is 0.469 e. The van der Waals surface area contributed by atoms with Crippen LogP contribution in [0.25, 0.3) is 0 Å². The van der Waals surface area contributed by atoms with Gasteiger partial charge in [-0.15, -0.1) is 11.3 Å². The highest BCUT2D eigenvalue weighted by molar-refractivity contribution is 9.11. The van der Waals surface area contributed by atoms with Gasteiger partial charge in [0, 0.05) is 43.7 Å². The molecule has 10 heteroatoms. The fourth-order valence-corrected chi connectivity index (χ4v) is 6.00. The third kappa shape index (κ3) is 5.92. The van der Waals surface area contributed by atoms with E-state index in [2.05, 4.69) is 21.2 Å². The Kier molecular flexibility index (Phi) is 7.91. The Balaban J connectivity index is 1.40. The number of methoxy groups -OCH3 is 1. The summed E-state index contributed by atoms with van der Waals surface area (Å²) < 4.78 is 5.65. The summed E-state index contributed by atoms with van der Waals surface area (Å²) in [5, 5.41) is 2.94. The zero-order valence-corrected chi connectivity index (χ0v) is 22.1. The Bertz CT molecular complexity index is 1150. The first-order chi connectivity index (χ1) is 16.7. The number of carbonyl (C=O) groups is 4. The van der Waals surface area contributed by atoms with Crippen LogP contribution in [-0.2, 0) is 14.3 Å². The molecule has 2 aliphatic rings. The summed E-state index contributed by atoms with van der Waals surface area (Å²) >= 11 is 4.70. The second-order valence-corrected chi connectivity index (χ2v) is 11.5. The fourth-order valence-electron chi connectivity index (χ4n) is 4.71. The number of ether oxygens (including phenoxy) is 1. The van der Waals surface area contributed by atoms with Crippen molar-refractivity contribution in [3.63, 3.8) is 0 Å². The SMILES string of the molecule is COC(=O)CC1CCCN(C(=O)c2ccc(N3CC(NC(=O)c4ccc(Br)s4)CC3=O)cc2C)C1. The number of thiophene rings is 1. The van der Waals surface area contributed by atoms with Crippen LogP contribution in [0.15, 0.2) is 34.1 Å². The minimum Gasteiger partial charge on any atom is -0.469 e. The van der Waals surface area contributed by atoms with Gasteiger partial charge in [-0.2, -0.15) is 0 Å². The normalized spacial score (nSPS) is 20.1. The van der Waals surface area contributed by atoms with Gasteiger partial charge in [0.05, 0.1) is 21.8 Å². The Hall–Kier alpha value is -2.72. The summed E-state index contributed by atoms with van der Waals surface area (Å²) in [6.07, 6.45) is 2.29. The van der Waals surface area contributed by atoms with Crippen molar-refractivity contribution in [2.45, 2.75) is 38.6 Å². The molecule has 0 spiro atoms. The molecule has 3 amide bonds. The summed E-state index contributed by atoms with van der Waals surface area (Å²) in [5.41, 5.74) is 2.08. The van der Waals surface area contributed by atoms with Gasteiger partial charge in [0.2, 0.25) is 5.91 Å². The molecule has 1 aromatic carbocycles. The maximum atomic E-state index is 13.2. The fraction of sp³-hybridized carbons (Fsp3) is 0.440. The van der Waals surface area contributed by atoms with Gasteiger partial charge in [-0.1, -0.05) is 0 Å². The van der Waals surface area contributed by atoms with Crippen LogP contribution in [0.3, 0.4) is 0 Å². The number of benzene rings is 1. The first-order valence-corrected chi connectivity index (χ1v) is 13.2. The lowest BCUT2D eigenvalue weighted by atomic mass is 9.94. The summed E-state index contributed by atoms with van der Waals surface area (Å²) in [7, 11) is 1.38. The summed E-state index contributed by atoms with van der Waals surface area (Å²) in [4.78, 5) is 54.1. The quantitative estimate of drug-likeness (QED) is 0.541. The number of esters is 1. The van der Waals surface area contributed by atoms with Crippen LogP contribution >= 0.6 is 27.3 Å². The summed E-state index contributed by atoms with van der Waals surface area (Å²) in [6, 6.07) is 8.69. The van der Waals surface area contributed by atoms with Crippen molar-refractivity contribution < 1.29 is 23.9 Å². The molecular weight excluding hydrogens is 534 g/mol. The molecule has 186 valence electrons. The third-order valence-electron chi connectivity index (χ3n) is 6.50. The number of halogens is 1. The zero-order chi connectivity index (χ0) is 25.1. The second-order valence-electron chi connectivity index (χ2n) is 9.02. The standard InChI is InChI=1S/C25H28BrN3O5S/c1-15-10-18(29-14-17(12-22(29)30)27-24(32)20-7-8-21(26)35-20)5-6-19(15)25(33)28-9-3-4-16(13-28)11-23(31)34-2/h5-8,10,16-17H,3-4,9,11-14H2,1-2H3,(H,27,32). The van der Waals surface area contributed by atoms with Crippen molar-refractivity contribution in [3.05, 3.63) is 50.1 Å². The van der Waals surface area contributed by atoms with Crippen LogP contribution in [0.5, 0.6) is 0 Å². The summed E-state index contributed by atoms with van der Waals surface area (Å²) in [6.45, 7) is 3.43. The molecule has 2 fully saturated rings. The molecule has 1 N–H and O–H groups in total. The first kappa shape index (κ1) is 25.4. The number of amides is 3. The molecule has 2 aliphatic heterocycles. The average molecular weight is 562 g/mol. The molecule has 35 heavy (non-hydrogen) atoms. The van der Waals surface area contributed by atoms with E-state index in [-0.39, 0.29) is 42.1 Å². The molecular formula is C25H28BrN3O5S. The Morgan fingerprint density at radius 1 is 1.20 bits per heavy atom. The molecule has 2 atom stereocenters. The molecule has 4 rings (SSSR count). The Morgan fingerprint density at radius 3 is 2.69 bits per heavy atom. The maximum absolute atomic E-state index is 13.2. The van der Waals surface area contributed by atoms with Gasteiger partial charge < -0.3 is 19.9 Å². The minimum atomic E-state index is -0.280. The van der Waals surface area contributed by atoms with Crippen LogP contribution in [0, 0.1) is 12.8 Å². The van der Waals surface area contributed by atoms with E-state index in [1.165, 1.54) is 18.4 Å². The number of rotatable bonds is 6. The molecule has 3 heterocycles. The molecule has 0 saturated carbocycles. The maximum Gasteiger partial charge on any atom is 0.305 e. The number of likely N-dealkylation sites (tertiary alicyclic amines) is 1. The van der Waals surface area contributed by atoms with Crippen molar-refractivity contribution in [1.82, 2.24) is 10.2 Å². The van der Waals surface area contributed by atoms with Gasteiger partial charge in [0.25, 0.3) is 11.8 Å². The van der Waals surface area contributed by atoms with E-state index in [0.29, 0.717) is 42.2 Å². The highest BCUT2D eigenvalue weighted by atomic mass is 79.9. The zero-order valence-electron chi connectivity index (χ0n) is 19.7. The predicted molar refractivity (Wildman–Crippen MR) is 137 cm³/mol. The topological polar surface area (TPSA) is 96.0 Å². The molecule has 2 saturated heterocycles. The van der Waals surface area contributed by atoms with Gasteiger partial charge in [-0.25, -0.2) is 0 Å². The smallest absolute Gasteiger partial charge is 0.305 e. The number of hydrogen-bond donors (Lipinski definition) is 1. The highest BCUT2D eigenvalue weighted by Gasteiger charge is 2.33. The number of carbonyl (C=O) groups excluding carboxylic acids is 4. The van der Waals surface area contributed by atoms with E-state index in [4.69, 9.17) is 4.74 Å². The van der Waals surface area contributed by atoms with Crippen LogP contribution in [-0.4, -0.2) is 61.4 Å². The minimum absolute atomic E-state index is 0.0661. The van der Waals surface area contributed by atoms with Crippen molar-refractivity contribution in [2.75, 3.05) is 31.6 Å². The van der Waals surface area contributed by atoms with Crippen molar-refractivity contribution in [3.8, 4) is 0 Å². The number of nitrogens with one attached hydrogen (secondary N) is 1. The van der Waals surface area contributed by atoms with Gasteiger partial charge >= 0.3 is 5.97 Å². The molecule has 8 nitrogen and oxygen atoms in total. The van der Waals surface area contributed by atoms with Gasteiger partial charge in [0.15, 0.2) is 0 Å². The average Bonchev–Trinajstić information content (AvgIpc) is 3.43. The highest BCUT2D eigenvalue weighted by Crippen LogP contribution is 2.28. The van der Waals surface area contributed by atoms with Crippen LogP contribution in [0.4, 0.5) is 5.69 Å². The summed E-state index contributed by atoms with van der Waals surface area (Å²) in [5.74, 6) is -0.474. The lowest BCUT2D eigenvalue weighted by molar-refractivity contribution is -0.142. The number of aryl methyl sites for hydroxylation is 1. The number of hydrogen-bond acceptors (Lipinski definition) is 6. The number of piperidine rings is 1. The van der Waals surface area contributed by atoms with Gasteiger partial charge in [-0.3, -0.25) is 19.2 Å². The van der Waals surface area contributed by atoms with E-state index >= 15 is 0 Å².